The van der Waals surface area contributed by atoms with E-state index in [-0.39, 0.29) is 0 Å². The van der Waals surface area contributed by atoms with Gasteiger partial charge in [-0.3, -0.25) is 4.98 Å². The Kier molecular flexibility index (Phi) is 2.93. The maximum Gasteiger partial charge on any atom is 0.121 e. The van der Waals surface area contributed by atoms with Gasteiger partial charge in [0, 0.05) is 17.3 Å². The molecule has 1 atom stereocenters. The quantitative estimate of drug-likeness (QED) is 0.760. The minimum Gasteiger partial charge on any atom is -0.382 e. The summed E-state index contributed by atoms with van der Waals surface area (Å²) in [6.45, 7) is 1.96. The van der Waals surface area contributed by atoms with Crippen molar-refractivity contribution >= 4 is 10.9 Å². The third-order valence-electron chi connectivity index (χ3n) is 3.05. The van der Waals surface area contributed by atoms with E-state index in [1.807, 2.05) is 37.3 Å². The van der Waals surface area contributed by atoms with Gasteiger partial charge >= 0.3 is 0 Å². The highest BCUT2D eigenvalue weighted by atomic mass is 16.3. The second-order valence-electron chi connectivity index (χ2n) is 4.44. The monoisotopic (exact) mass is 251 g/mol. The smallest absolute Gasteiger partial charge is 0.121 e. The fraction of sp³-hybridized carbons (Fsp3) is 0.133. The van der Waals surface area contributed by atoms with Gasteiger partial charge in [0.2, 0.25) is 0 Å². The highest BCUT2D eigenvalue weighted by Gasteiger charge is 2.12. The molecule has 0 amide bonds. The number of benzene rings is 1. The first-order chi connectivity index (χ1) is 9.24. The van der Waals surface area contributed by atoms with Crippen LogP contribution in [-0.4, -0.2) is 20.1 Å². The summed E-state index contributed by atoms with van der Waals surface area (Å²) in [6, 6.07) is 11.4. The van der Waals surface area contributed by atoms with E-state index in [0.29, 0.717) is 5.69 Å². The molecule has 0 spiro atoms. The van der Waals surface area contributed by atoms with Crippen molar-refractivity contribution in [1.29, 1.82) is 0 Å². The number of aliphatic hydroxyl groups excluding tert-OH is 1. The molecule has 3 aromatic rings. The molecule has 4 heteroatoms. The summed E-state index contributed by atoms with van der Waals surface area (Å²) in [4.78, 5) is 12.4. The summed E-state index contributed by atoms with van der Waals surface area (Å²) < 4.78 is 0. The van der Waals surface area contributed by atoms with Crippen molar-refractivity contribution in [3.8, 4) is 0 Å². The van der Waals surface area contributed by atoms with E-state index in [1.54, 1.807) is 12.3 Å². The topological polar surface area (TPSA) is 58.9 Å². The van der Waals surface area contributed by atoms with Gasteiger partial charge < -0.3 is 5.11 Å². The van der Waals surface area contributed by atoms with Crippen LogP contribution >= 0.6 is 0 Å². The summed E-state index contributed by atoms with van der Waals surface area (Å²) in [5.74, 6) is 0. The Morgan fingerprint density at radius 2 is 2.00 bits per heavy atom. The lowest BCUT2D eigenvalue weighted by Crippen LogP contribution is -2.02. The third kappa shape index (κ3) is 2.30. The molecule has 0 fully saturated rings. The van der Waals surface area contributed by atoms with Gasteiger partial charge in [-0.15, -0.1) is 0 Å². The SMILES string of the molecule is Cc1ccc2cc(C(O)c3ccncn3)ccc2n1. The van der Waals surface area contributed by atoms with Gasteiger partial charge in [0.05, 0.1) is 11.2 Å². The zero-order valence-electron chi connectivity index (χ0n) is 10.5. The minimum absolute atomic E-state index is 0.592. The standard InChI is InChI=1S/C15H13N3O/c1-10-2-3-11-8-12(4-5-13(11)18-10)15(19)14-6-7-16-9-17-14/h2-9,15,19H,1H3. The molecule has 19 heavy (non-hydrogen) atoms. The van der Waals surface area contributed by atoms with Gasteiger partial charge in [0.1, 0.15) is 12.4 Å². The maximum absolute atomic E-state index is 10.3. The Labute approximate surface area is 110 Å². The molecule has 2 heterocycles. The highest BCUT2D eigenvalue weighted by molar-refractivity contribution is 5.79. The van der Waals surface area contributed by atoms with Crippen molar-refractivity contribution in [2.45, 2.75) is 13.0 Å². The average molecular weight is 251 g/mol. The van der Waals surface area contributed by atoms with Crippen molar-refractivity contribution in [2.75, 3.05) is 0 Å². The minimum atomic E-state index is -0.742. The molecular weight excluding hydrogens is 238 g/mol. The number of hydrogen-bond donors (Lipinski definition) is 1. The zero-order chi connectivity index (χ0) is 13.2. The van der Waals surface area contributed by atoms with E-state index in [1.165, 1.54) is 6.33 Å². The van der Waals surface area contributed by atoms with Crippen LogP contribution < -0.4 is 0 Å². The first kappa shape index (κ1) is 11.7. The number of pyridine rings is 1. The fourth-order valence-corrected chi connectivity index (χ4v) is 2.05. The zero-order valence-corrected chi connectivity index (χ0v) is 10.5. The van der Waals surface area contributed by atoms with Gasteiger partial charge in [-0.05, 0) is 36.8 Å². The van der Waals surface area contributed by atoms with Crippen LogP contribution in [0, 0.1) is 6.92 Å². The Balaban J connectivity index is 2.04. The predicted molar refractivity (Wildman–Crippen MR) is 72.6 cm³/mol. The molecule has 1 N–H and O–H groups in total. The molecule has 0 radical (unpaired) electrons. The number of rotatable bonds is 2. The molecular formula is C15H13N3O. The molecule has 4 nitrogen and oxygen atoms in total. The summed E-state index contributed by atoms with van der Waals surface area (Å²) >= 11 is 0. The molecule has 0 saturated carbocycles. The molecule has 2 aromatic heterocycles. The van der Waals surface area contributed by atoms with E-state index in [0.717, 1.165) is 22.2 Å². The van der Waals surface area contributed by atoms with Gasteiger partial charge in [-0.1, -0.05) is 12.1 Å². The maximum atomic E-state index is 10.3. The third-order valence-corrected chi connectivity index (χ3v) is 3.05. The Morgan fingerprint density at radius 3 is 2.79 bits per heavy atom. The van der Waals surface area contributed by atoms with Gasteiger partial charge in [0.25, 0.3) is 0 Å². The van der Waals surface area contributed by atoms with Crippen LogP contribution in [-0.2, 0) is 0 Å². The second kappa shape index (κ2) is 4.74. The summed E-state index contributed by atoms with van der Waals surface area (Å²) in [5, 5.41) is 11.3. The molecule has 94 valence electrons. The number of nitrogens with zero attached hydrogens (tertiary/aromatic N) is 3. The van der Waals surface area contributed by atoms with Crippen LogP contribution in [0.4, 0.5) is 0 Å². The van der Waals surface area contributed by atoms with Crippen molar-refractivity contribution < 1.29 is 5.11 Å². The molecule has 0 aliphatic heterocycles. The molecule has 1 aromatic carbocycles. The molecule has 1 unspecified atom stereocenters. The molecule has 0 bridgehead atoms. The van der Waals surface area contributed by atoms with Crippen LogP contribution in [0.2, 0.25) is 0 Å². The number of aryl methyl sites for hydroxylation is 1. The number of fused-ring (bicyclic) bond motifs is 1. The fourth-order valence-electron chi connectivity index (χ4n) is 2.05. The van der Waals surface area contributed by atoms with Gasteiger partial charge in [-0.25, -0.2) is 9.97 Å². The Bertz CT molecular complexity index is 713. The van der Waals surface area contributed by atoms with Crippen LogP contribution in [0.3, 0.4) is 0 Å². The van der Waals surface area contributed by atoms with Crippen LogP contribution in [0.25, 0.3) is 10.9 Å². The van der Waals surface area contributed by atoms with Crippen molar-refractivity contribution in [1.82, 2.24) is 15.0 Å². The lowest BCUT2D eigenvalue weighted by atomic mass is 10.0. The van der Waals surface area contributed by atoms with E-state index in [4.69, 9.17) is 0 Å². The van der Waals surface area contributed by atoms with E-state index >= 15 is 0 Å². The van der Waals surface area contributed by atoms with Gasteiger partial charge in [0.15, 0.2) is 0 Å². The number of aliphatic hydroxyl groups is 1. The molecule has 3 rings (SSSR count). The first-order valence-electron chi connectivity index (χ1n) is 6.05. The second-order valence-corrected chi connectivity index (χ2v) is 4.44. The van der Waals surface area contributed by atoms with E-state index in [9.17, 15) is 5.11 Å². The summed E-state index contributed by atoms with van der Waals surface area (Å²) in [5.41, 5.74) is 3.31. The van der Waals surface area contributed by atoms with E-state index in [2.05, 4.69) is 15.0 Å². The van der Waals surface area contributed by atoms with E-state index < -0.39 is 6.10 Å². The van der Waals surface area contributed by atoms with Crippen molar-refractivity contribution in [2.24, 2.45) is 0 Å². The molecule has 0 aliphatic carbocycles. The lowest BCUT2D eigenvalue weighted by molar-refractivity contribution is 0.215. The normalized spacial score (nSPS) is 12.5. The number of aromatic nitrogens is 3. The first-order valence-corrected chi connectivity index (χ1v) is 6.05. The average Bonchev–Trinajstić information content (AvgIpc) is 2.47. The van der Waals surface area contributed by atoms with Crippen LogP contribution in [0.5, 0.6) is 0 Å². The molecule has 0 saturated heterocycles. The summed E-state index contributed by atoms with van der Waals surface area (Å²) in [6.07, 6.45) is 2.32. The number of hydrogen-bond acceptors (Lipinski definition) is 4. The molecule has 0 aliphatic rings. The Morgan fingerprint density at radius 1 is 1.11 bits per heavy atom. The largest absolute Gasteiger partial charge is 0.382 e. The van der Waals surface area contributed by atoms with Crippen LogP contribution in [0.15, 0.2) is 48.9 Å². The lowest BCUT2D eigenvalue weighted by Gasteiger charge is -2.11. The van der Waals surface area contributed by atoms with Crippen molar-refractivity contribution in [3.63, 3.8) is 0 Å². The summed E-state index contributed by atoms with van der Waals surface area (Å²) in [7, 11) is 0. The predicted octanol–water partition coefficient (Wildman–Crippen LogP) is 2.41. The Hall–Kier alpha value is -2.33. The van der Waals surface area contributed by atoms with Gasteiger partial charge in [-0.2, -0.15) is 0 Å². The highest BCUT2D eigenvalue weighted by Crippen LogP contribution is 2.23. The van der Waals surface area contributed by atoms with Crippen LogP contribution in [0.1, 0.15) is 23.1 Å². The van der Waals surface area contributed by atoms with Crippen molar-refractivity contribution in [3.05, 3.63) is 65.9 Å².